The van der Waals surface area contributed by atoms with Crippen LogP contribution >= 0.6 is 21.2 Å². The van der Waals surface area contributed by atoms with Gasteiger partial charge < -0.3 is 10.1 Å². The SMILES string of the molecule is CC.CCOc1ccc(-c2cnc(NC)nc2)cc1C[C@H](CC1CCCCC1)C(=O)c1sc2ccccc2c1C.P. The van der Waals surface area contributed by atoms with Crippen molar-refractivity contribution < 1.29 is 9.53 Å². The lowest BCUT2D eigenvalue weighted by Gasteiger charge is -2.26. The molecule has 0 spiro atoms. The Kier molecular flexibility index (Phi) is 12.7. The lowest BCUT2D eigenvalue weighted by Crippen LogP contribution is -2.22. The molecule has 1 N–H and O–H groups in total. The van der Waals surface area contributed by atoms with Gasteiger partial charge in [-0.1, -0.05) is 70.2 Å². The van der Waals surface area contributed by atoms with Gasteiger partial charge in [-0.25, -0.2) is 9.97 Å². The van der Waals surface area contributed by atoms with Crippen LogP contribution in [0.2, 0.25) is 0 Å². The van der Waals surface area contributed by atoms with Crippen LogP contribution in [-0.2, 0) is 6.42 Å². The minimum atomic E-state index is -0.0813. The summed E-state index contributed by atoms with van der Waals surface area (Å²) >= 11 is 1.65. The first-order valence-electron chi connectivity index (χ1n) is 14.9. The summed E-state index contributed by atoms with van der Waals surface area (Å²) in [6, 6.07) is 14.6. The highest BCUT2D eigenvalue weighted by atomic mass is 32.1. The van der Waals surface area contributed by atoms with Crippen LogP contribution in [0.5, 0.6) is 5.75 Å². The molecule has 2 atom stereocenters. The predicted octanol–water partition coefficient (Wildman–Crippen LogP) is 9.20. The number of aryl methyl sites for hydroxylation is 1. The van der Waals surface area contributed by atoms with E-state index in [4.69, 9.17) is 4.74 Å². The maximum Gasteiger partial charge on any atom is 0.222 e. The normalized spacial score (nSPS) is 14.0. The highest BCUT2D eigenvalue weighted by Gasteiger charge is 2.29. The summed E-state index contributed by atoms with van der Waals surface area (Å²) in [5, 5.41) is 4.16. The molecular weight excluding hydrogens is 545 g/mol. The first-order valence-corrected chi connectivity index (χ1v) is 15.7. The molecule has 1 aliphatic rings. The van der Waals surface area contributed by atoms with Gasteiger partial charge in [-0.3, -0.25) is 4.79 Å². The molecule has 1 aliphatic carbocycles. The van der Waals surface area contributed by atoms with E-state index < -0.39 is 0 Å². The van der Waals surface area contributed by atoms with Gasteiger partial charge >= 0.3 is 0 Å². The van der Waals surface area contributed by atoms with E-state index in [2.05, 4.69) is 58.6 Å². The molecular formula is C34H46N3O2PS. The molecule has 0 saturated heterocycles. The summed E-state index contributed by atoms with van der Waals surface area (Å²) in [6.07, 6.45) is 11.6. The molecule has 5 nitrogen and oxygen atoms in total. The monoisotopic (exact) mass is 591 g/mol. The number of Topliss-reactive ketones (excluding diaryl/α,β-unsaturated/α-hetero) is 1. The fourth-order valence-corrected chi connectivity index (χ4v) is 7.02. The van der Waals surface area contributed by atoms with E-state index in [0.717, 1.165) is 39.3 Å². The molecule has 2 heterocycles. The van der Waals surface area contributed by atoms with Crippen LogP contribution in [0, 0.1) is 18.8 Å². The van der Waals surface area contributed by atoms with E-state index in [1.54, 1.807) is 11.3 Å². The van der Waals surface area contributed by atoms with Crippen molar-refractivity contribution in [1.29, 1.82) is 0 Å². The van der Waals surface area contributed by atoms with Crippen LogP contribution in [0.15, 0.2) is 54.9 Å². The number of ether oxygens (including phenoxy) is 1. The van der Waals surface area contributed by atoms with Crippen LogP contribution in [0.4, 0.5) is 5.95 Å². The number of nitrogens with one attached hydrogen (secondary N) is 1. The fourth-order valence-electron chi connectivity index (χ4n) is 5.79. The molecule has 0 bridgehead atoms. The van der Waals surface area contributed by atoms with E-state index >= 15 is 0 Å². The van der Waals surface area contributed by atoms with Crippen LogP contribution < -0.4 is 10.1 Å². The molecule has 1 fully saturated rings. The van der Waals surface area contributed by atoms with Gasteiger partial charge in [0.25, 0.3) is 0 Å². The number of carbonyl (C=O) groups is 1. The molecule has 0 radical (unpaired) electrons. The molecule has 2 aromatic heterocycles. The number of aromatic nitrogens is 2. The smallest absolute Gasteiger partial charge is 0.222 e. The number of hydrogen-bond donors (Lipinski definition) is 1. The summed E-state index contributed by atoms with van der Waals surface area (Å²) in [4.78, 5) is 23.9. The summed E-state index contributed by atoms with van der Waals surface area (Å²) < 4.78 is 7.25. The van der Waals surface area contributed by atoms with Crippen molar-refractivity contribution in [2.24, 2.45) is 11.8 Å². The van der Waals surface area contributed by atoms with Crippen molar-refractivity contribution in [1.82, 2.24) is 9.97 Å². The molecule has 5 rings (SSSR count). The number of nitrogens with zero attached hydrogens (tertiary/aromatic N) is 2. The first kappa shape index (κ1) is 32.7. The van der Waals surface area contributed by atoms with Crippen molar-refractivity contribution in [3.05, 3.63) is 70.9 Å². The lowest BCUT2D eigenvalue weighted by atomic mass is 9.78. The predicted molar refractivity (Wildman–Crippen MR) is 180 cm³/mol. The average Bonchev–Trinajstić information content (AvgIpc) is 3.35. The van der Waals surface area contributed by atoms with Crippen LogP contribution in [0.25, 0.3) is 21.2 Å². The summed E-state index contributed by atoms with van der Waals surface area (Å²) in [5.74, 6) is 2.26. The number of benzene rings is 2. The zero-order valence-corrected chi connectivity index (χ0v) is 27.6. The maximum atomic E-state index is 14.3. The van der Waals surface area contributed by atoms with E-state index in [1.165, 1.54) is 42.2 Å². The van der Waals surface area contributed by atoms with E-state index in [9.17, 15) is 4.79 Å². The summed E-state index contributed by atoms with van der Waals surface area (Å²) in [7, 11) is 1.81. The van der Waals surface area contributed by atoms with E-state index in [0.29, 0.717) is 24.9 Å². The summed E-state index contributed by atoms with van der Waals surface area (Å²) in [5.41, 5.74) is 4.18. The van der Waals surface area contributed by atoms with Gasteiger partial charge in [0.1, 0.15) is 5.75 Å². The molecule has 220 valence electrons. The zero-order chi connectivity index (χ0) is 28.5. The largest absolute Gasteiger partial charge is 0.494 e. The van der Waals surface area contributed by atoms with E-state index in [1.807, 2.05) is 46.3 Å². The molecule has 1 unspecified atom stereocenters. The van der Waals surface area contributed by atoms with Crippen molar-refractivity contribution in [3.63, 3.8) is 0 Å². The minimum absolute atomic E-state index is 0. The number of anilines is 1. The second-order valence-electron chi connectivity index (χ2n) is 10.4. The van der Waals surface area contributed by atoms with Crippen molar-refractivity contribution in [3.8, 4) is 16.9 Å². The third kappa shape index (κ3) is 7.93. The van der Waals surface area contributed by atoms with Crippen LogP contribution in [0.1, 0.15) is 80.1 Å². The Morgan fingerprint density at radius 2 is 1.76 bits per heavy atom. The van der Waals surface area contributed by atoms with Crippen LogP contribution in [-0.4, -0.2) is 29.4 Å². The Morgan fingerprint density at radius 1 is 1.05 bits per heavy atom. The zero-order valence-electron chi connectivity index (χ0n) is 25.3. The van der Waals surface area contributed by atoms with Gasteiger partial charge in [-0.2, -0.15) is 9.90 Å². The number of hydrogen-bond acceptors (Lipinski definition) is 6. The van der Waals surface area contributed by atoms with Gasteiger partial charge in [-0.05, 0) is 72.9 Å². The topological polar surface area (TPSA) is 64.1 Å². The Morgan fingerprint density at radius 3 is 2.41 bits per heavy atom. The number of ketones is 1. The van der Waals surface area contributed by atoms with E-state index in [-0.39, 0.29) is 21.6 Å². The minimum Gasteiger partial charge on any atom is -0.494 e. The summed E-state index contributed by atoms with van der Waals surface area (Å²) in [6.45, 7) is 8.70. The van der Waals surface area contributed by atoms with Gasteiger partial charge in [0.2, 0.25) is 5.95 Å². The Labute approximate surface area is 253 Å². The van der Waals surface area contributed by atoms with Crippen molar-refractivity contribution in [2.45, 2.75) is 72.6 Å². The maximum absolute atomic E-state index is 14.3. The second-order valence-corrected chi connectivity index (χ2v) is 11.4. The Balaban J connectivity index is 0.00000151. The second kappa shape index (κ2) is 16.0. The third-order valence-corrected chi connectivity index (χ3v) is 9.10. The highest BCUT2D eigenvalue weighted by molar-refractivity contribution is 7.21. The average molecular weight is 592 g/mol. The molecule has 1 saturated carbocycles. The number of carbonyl (C=O) groups excluding carboxylic acids is 1. The van der Waals surface area contributed by atoms with Crippen molar-refractivity contribution in [2.75, 3.05) is 19.0 Å². The Bertz CT molecular complexity index is 1400. The highest BCUT2D eigenvalue weighted by Crippen LogP contribution is 2.38. The van der Waals surface area contributed by atoms with Gasteiger partial charge in [0.05, 0.1) is 11.5 Å². The lowest BCUT2D eigenvalue weighted by molar-refractivity contribution is 0.0894. The number of thiophene rings is 1. The van der Waals surface area contributed by atoms with Gasteiger partial charge in [0, 0.05) is 35.6 Å². The van der Waals surface area contributed by atoms with Gasteiger partial charge in [0.15, 0.2) is 5.78 Å². The number of rotatable bonds is 10. The third-order valence-electron chi connectivity index (χ3n) is 7.82. The van der Waals surface area contributed by atoms with Crippen LogP contribution in [0.3, 0.4) is 0 Å². The molecule has 7 heteroatoms. The molecule has 41 heavy (non-hydrogen) atoms. The molecule has 2 aromatic carbocycles. The molecule has 0 amide bonds. The first-order chi connectivity index (χ1) is 19.6. The van der Waals surface area contributed by atoms with Crippen molar-refractivity contribution >= 4 is 43.1 Å². The Hall–Kier alpha value is -2.82. The quantitative estimate of drug-likeness (QED) is 0.147. The molecule has 0 aliphatic heterocycles. The number of fused-ring (bicyclic) bond motifs is 1. The standard InChI is InChI=1S/C32H37N3O2S.C2H6.H3P/c1-4-37-28-15-14-23(26-19-34-32(33-3)35-20-26)17-24(28)18-25(16-22-10-6-5-7-11-22)30(36)31-21(2)27-12-8-9-13-29(27)38-31;1-2;/h8-9,12-15,17,19-20,22,25H,4-7,10-11,16,18H2,1-3H3,(H,33,34,35);1-2H3;1H3/t25-;;/m0../s1. The molecule has 4 aromatic rings. The van der Waals surface area contributed by atoms with Gasteiger partial charge in [-0.15, -0.1) is 11.3 Å². The fraction of sp³-hybridized carbons (Fsp3) is 0.441.